The van der Waals surface area contributed by atoms with Gasteiger partial charge in [-0.1, -0.05) is 47.2 Å². The van der Waals surface area contributed by atoms with Crippen LogP contribution >= 0.6 is 34.7 Å². The molecule has 0 atom stereocenters. The number of anilines is 1. The molecule has 3 aromatic rings. The van der Waals surface area contributed by atoms with E-state index in [1.54, 1.807) is 36.4 Å². The number of aromatic nitrogens is 2. The minimum absolute atomic E-state index is 0.183. The molecule has 3 rings (SSSR count). The van der Waals surface area contributed by atoms with Gasteiger partial charge in [-0.25, -0.2) is 4.39 Å². The number of hydrogen-bond donors (Lipinski definition) is 2. The van der Waals surface area contributed by atoms with Gasteiger partial charge in [-0.2, -0.15) is 0 Å². The Morgan fingerprint density at radius 3 is 2.63 bits per heavy atom. The maximum atomic E-state index is 12.9. The molecule has 6 nitrogen and oxygen atoms in total. The van der Waals surface area contributed by atoms with Crippen LogP contribution in [0.1, 0.15) is 20.9 Å². The third-order valence-electron chi connectivity index (χ3n) is 3.87. The summed E-state index contributed by atoms with van der Waals surface area (Å²) in [6, 6.07) is 13.0. The molecule has 10 heteroatoms. The summed E-state index contributed by atoms with van der Waals surface area (Å²) in [4.78, 5) is 24.2. The minimum atomic E-state index is -0.281. The number of halogens is 2. The summed E-state index contributed by atoms with van der Waals surface area (Å²) < 4.78 is 12.9. The molecule has 2 N–H and O–H groups in total. The highest BCUT2D eigenvalue weighted by atomic mass is 35.5. The molecule has 30 heavy (non-hydrogen) atoms. The normalized spacial score (nSPS) is 10.6. The zero-order valence-electron chi connectivity index (χ0n) is 15.7. The summed E-state index contributed by atoms with van der Waals surface area (Å²) in [6.07, 6.45) is 0.489. The first kappa shape index (κ1) is 22.2. The fraction of sp³-hybridized carbons (Fsp3) is 0.200. The molecule has 2 aromatic carbocycles. The number of nitrogens with one attached hydrogen (secondary N) is 2. The third kappa shape index (κ3) is 6.79. The predicted octanol–water partition coefficient (Wildman–Crippen LogP) is 4.18. The number of nitrogens with zero attached hydrogens (tertiary/aromatic N) is 2. The number of rotatable bonds is 9. The van der Waals surface area contributed by atoms with Crippen molar-refractivity contribution in [3.63, 3.8) is 0 Å². The molecule has 0 aliphatic rings. The Balaban J connectivity index is 1.38. The SMILES string of the molecule is O=C(CSCc1ccc(F)cc1)Nc1nnc(CCNC(=O)c2ccccc2Cl)s1. The zero-order valence-corrected chi connectivity index (χ0v) is 18.1. The molecular formula is C20H18ClFN4O2S2. The van der Waals surface area contributed by atoms with Gasteiger partial charge in [0.25, 0.3) is 5.91 Å². The lowest BCUT2D eigenvalue weighted by Crippen LogP contribution is -2.25. The minimum Gasteiger partial charge on any atom is -0.352 e. The number of carbonyl (C=O) groups is 2. The second kappa shape index (κ2) is 11.1. The number of thioether (sulfide) groups is 1. The number of amides is 2. The standard InChI is InChI=1S/C20H18ClFN4O2S2/c21-16-4-2-1-3-15(16)19(28)23-10-9-18-25-26-20(30-18)24-17(27)12-29-11-13-5-7-14(22)8-6-13/h1-8H,9-12H2,(H,23,28)(H,24,26,27). The van der Waals surface area contributed by atoms with E-state index in [2.05, 4.69) is 20.8 Å². The summed E-state index contributed by atoms with van der Waals surface area (Å²) >= 11 is 8.69. The molecule has 0 aliphatic heterocycles. The van der Waals surface area contributed by atoms with Gasteiger partial charge >= 0.3 is 0 Å². The summed E-state index contributed by atoms with van der Waals surface area (Å²) in [6.45, 7) is 0.375. The van der Waals surface area contributed by atoms with E-state index in [1.165, 1.54) is 35.2 Å². The largest absolute Gasteiger partial charge is 0.352 e. The van der Waals surface area contributed by atoms with Crippen molar-refractivity contribution < 1.29 is 14.0 Å². The van der Waals surface area contributed by atoms with Crippen LogP contribution in [0.25, 0.3) is 0 Å². The molecule has 1 aromatic heterocycles. The second-order valence-corrected chi connectivity index (χ2v) is 8.61. The van der Waals surface area contributed by atoms with E-state index < -0.39 is 0 Å². The van der Waals surface area contributed by atoms with E-state index in [9.17, 15) is 14.0 Å². The molecule has 0 saturated carbocycles. The van der Waals surface area contributed by atoms with E-state index in [4.69, 9.17) is 11.6 Å². The first-order chi connectivity index (χ1) is 14.5. The van der Waals surface area contributed by atoms with Crippen LogP contribution in [0.3, 0.4) is 0 Å². The van der Waals surface area contributed by atoms with Crippen molar-refractivity contribution in [2.75, 3.05) is 17.6 Å². The Morgan fingerprint density at radius 1 is 1.10 bits per heavy atom. The number of hydrogen-bond acceptors (Lipinski definition) is 6. The van der Waals surface area contributed by atoms with E-state index in [-0.39, 0.29) is 23.4 Å². The lowest BCUT2D eigenvalue weighted by molar-refractivity contribution is -0.113. The van der Waals surface area contributed by atoms with E-state index in [1.807, 2.05) is 0 Å². The van der Waals surface area contributed by atoms with Gasteiger partial charge in [-0.05, 0) is 29.8 Å². The van der Waals surface area contributed by atoms with E-state index in [0.717, 1.165) is 5.56 Å². The van der Waals surface area contributed by atoms with Crippen molar-refractivity contribution in [1.29, 1.82) is 0 Å². The summed E-state index contributed by atoms with van der Waals surface area (Å²) in [5, 5.41) is 15.0. The van der Waals surface area contributed by atoms with Crippen molar-refractivity contribution >= 4 is 51.6 Å². The Labute approximate surface area is 186 Å². The maximum Gasteiger partial charge on any atom is 0.252 e. The molecule has 1 heterocycles. The molecule has 0 saturated heterocycles. The van der Waals surface area contributed by atoms with Crippen LogP contribution in [-0.4, -0.2) is 34.3 Å². The molecule has 156 valence electrons. The quantitative estimate of drug-likeness (QED) is 0.496. The van der Waals surface area contributed by atoms with Gasteiger partial charge in [0.1, 0.15) is 10.8 Å². The smallest absolute Gasteiger partial charge is 0.252 e. The first-order valence-electron chi connectivity index (χ1n) is 8.98. The van der Waals surface area contributed by atoms with Crippen molar-refractivity contribution in [1.82, 2.24) is 15.5 Å². The first-order valence-corrected chi connectivity index (χ1v) is 11.3. The van der Waals surface area contributed by atoms with Crippen LogP contribution in [-0.2, 0) is 17.0 Å². The fourth-order valence-corrected chi connectivity index (χ4v) is 4.19. The Hall–Kier alpha value is -2.49. The lowest BCUT2D eigenvalue weighted by atomic mass is 10.2. The summed E-state index contributed by atoms with van der Waals surface area (Å²) in [5.41, 5.74) is 1.37. The molecule has 0 radical (unpaired) electrons. The van der Waals surface area contributed by atoms with Crippen molar-refractivity contribution in [3.05, 3.63) is 75.5 Å². The van der Waals surface area contributed by atoms with Gasteiger partial charge in [0.2, 0.25) is 11.0 Å². The van der Waals surface area contributed by atoms with Gasteiger partial charge < -0.3 is 5.32 Å². The number of carbonyl (C=O) groups excluding carboxylic acids is 2. The van der Waals surface area contributed by atoms with Crippen LogP contribution < -0.4 is 10.6 Å². The number of benzene rings is 2. The average Bonchev–Trinajstić information content (AvgIpc) is 3.16. The molecular weight excluding hydrogens is 447 g/mol. The Morgan fingerprint density at radius 2 is 1.87 bits per heavy atom. The summed E-state index contributed by atoms with van der Waals surface area (Å²) in [7, 11) is 0. The molecule has 0 bridgehead atoms. The molecule has 2 amide bonds. The highest BCUT2D eigenvalue weighted by Crippen LogP contribution is 2.18. The monoisotopic (exact) mass is 464 g/mol. The highest BCUT2D eigenvalue weighted by molar-refractivity contribution is 7.99. The van der Waals surface area contributed by atoms with Crippen LogP contribution in [0.5, 0.6) is 0 Å². The van der Waals surface area contributed by atoms with Gasteiger partial charge in [-0.3, -0.25) is 14.9 Å². The second-order valence-electron chi connectivity index (χ2n) is 6.15. The Kier molecular flexibility index (Phi) is 8.18. The zero-order chi connectivity index (χ0) is 21.3. The van der Waals surface area contributed by atoms with Crippen molar-refractivity contribution in [2.24, 2.45) is 0 Å². The average molecular weight is 465 g/mol. The van der Waals surface area contributed by atoms with Crippen LogP contribution in [0.2, 0.25) is 5.02 Å². The molecule has 0 aliphatic carbocycles. The van der Waals surface area contributed by atoms with Crippen LogP contribution in [0.15, 0.2) is 48.5 Å². The van der Waals surface area contributed by atoms with E-state index in [0.29, 0.717) is 39.4 Å². The van der Waals surface area contributed by atoms with Gasteiger partial charge in [0.05, 0.1) is 16.3 Å². The van der Waals surface area contributed by atoms with Crippen molar-refractivity contribution in [3.8, 4) is 0 Å². The van der Waals surface area contributed by atoms with Gasteiger partial charge in [0.15, 0.2) is 0 Å². The van der Waals surface area contributed by atoms with Gasteiger partial charge in [-0.15, -0.1) is 22.0 Å². The molecule has 0 unspecified atom stereocenters. The summed E-state index contributed by atoms with van der Waals surface area (Å²) in [5.74, 6) is 0.144. The lowest BCUT2D eigenvalue weighted by Gasteiger charge is -2.05. The highest BCUT2D eigenvalue weighted by Gasteiger charge is 2.11. The van der Waals surface area contributed by atoms with Crippen LogP contribution in [0, 0.1) is 5.82 Å². The fourth-order valence-electron chi connectivity index (χ4n) is 2.43. The van der Waals surface area contributed by atoms with Crippen LogP contribution in [0.4, 0.5) is 9.52 Å². The topological polar surface area (TPSA) is 84.0 Å². The predicted molar refractivity (Wildman–Crippen MR) is 119 cm³/mol. The van der Waals surface area contributed by atoms with E-state index >= 15 is 0 Å². The molecule has 0 spiro atoms. The molecule has 0 fully saturated rings. The maximum absolute atomic E-state index is 12.9. The third-order valence-corrected chi connectivity index (χ3v) is 6.10. The Bertz CT molecular complexity index is 1010. The van der Waals surface area contributed by atoms with Gasteiger partial charge in [0, 0.05) is 18.7 Å². The van der Waals surface area contributed by atoms with Crippen molar-refractivity contribution in [2.45, 2.75) is 12.2 Å².